The summed E-state index contributed by atoms with van der Waals surface area (Å²) in [5.74, 6) is 5.98. The van der Waals surface area contributed by atoms with E-state index in [-0.39, 0.29) is 5.91 Å². The highest BCUT2D eigenvalue weighted by atomic mass is 32.2. The maximum atomic E-state index is 11.3. The number of unbranched alkanes of at least 4 members (excludes halogenated alkanes) is 1. The van der Waals surface area contributed by atoms with Gasteiger partial charge in [0.2, 0.25) is 5.91 Å². The van der Waals surface area contributed by atoms with Crippen molar-refractivity contribution in [2.24, 2.45) is 11.8 Å². The van der Waals surface area contributed by atoms with Crippen LogP contribution in [-0.2, 0) is 9.53 Å². The van der Waals surface area contributed by atoms with Crippen LogP contribution in [0, 0.1) is 11.8 Å². The molecule has 2 fully saturated rings. The second kappa shape index (κ2) is 11.5. The second-order valence-corrected chi connectivity index (χ2v) is 9.30. The van der Waals surface area contributed by atoms with E-state index < -0.39 is 0 Å². The fourth-order valence-electron chi connectivity index (χ4n) is 3.73. The molecule has 0 aromatic carbocycles. The Morgan fingerprint density at radius 3 is 2.40 bits per heavy atom. The molecule has 1 N–H and O–H groups in total. The average Bonchev–Trinajstić information content (AvgIpc) is 3.19. The maximum absolute atomic E-state index is 11.3. The van der Waals surface area contributed by atoms with Crippen molar-refractivity contribution in [1.29, 1.82) is 0 Å². The number of hydrogen-bond donors (Lipinski definition) is 1. The van der Waals surface area contributed by atoms with Crippen LogP contribution < -0.4 is 0 Å². The third kappa shape index (κ3) is 6.81. The number of rotatable bonds is 12. The molecule has 0 saturated carbocycles. The van der Waals surface area contributed by atoms with E-state index in [1.807, 2.05) is 11.8 Å². The second-order valence-electron chi connectivity index (χ2n) is 7.00. The molecule has 4 atom stereocenters. The van der Waals surface area contributed by atoms with Crippen molar-refractivity contribution in [1.82, 2.24) is 5.06 Å². The van der Waals surface area contributed by atoms with E-state index in [2.05, 4.69) is 30.8 Å². The fraction of sp³-hybridized carbons (Fsp3) is 0.842. The van der Waals surface area contributed by atoms with Crippen molar-refractivity contribution in [2.75, 3.05) is 30.1 Å². The van der Waals surface area contributed by atoms with Crippen molar-refractivity contribution < 1.29 is 14.7 Å². The number of thioether (sulfide) groups is 2. The molecule has 2 aliphatic rings. The van der Waals surface area contributed by atoms with Gasteiger partial charge in [0.05, 0.1) is 12.2 Å². The van der Waals surface area contributed by atoms with Crippen molar-refractivity contribution in [3.8, 4) is 0 Å². The molecule has 1 amide bonds. The lowest BCUT2D eigenvalue weighted by atomic mass is 9.81. The van der Waals surface area contributed by atoms with Crippen LogP contribution in [0.3, 0.4) is 0 Å². The summed E-state index contributed by atoms with van der Waals surface area (Å²) in [6.07, 6.45) is 11.4. The molecular formula is C19H33NO3S2. The smallest absolute Gasteiger partial charge is 0.245 e. The standard InChI is InChI=1S/C19H33NO3S2/c1-3-4-6-11-24-13-15-16(18-10-9-17(15)23-18)14-25-12-7-5-8-19(21)20(2)22/h3-4,15-18,22H,5-14H2,1-2H3/b4-3+. The molecule has 2 saturated heterocycles. The lowest BCUT2D eigenvalue weighted by Gasteiger charge is -2.27. The Morgan fingerprint density at radius 2 is 1.80 bits per heavy atom. The van der Waals surface area contributed by atoms with Crippen molar-refractivity contribution in [3.05, 3.63) is 12.2 Å². The summed E-state index contributed by atoms with van der Waals surface area (Å²) >= 11 is 4.09. The fourth-order valence-corrected chi connectivity index (χ4v) is 6.24. The molecule has 2 bridgehead atoms. The van der Waals surface area contributed by atoms with Crippen LogP contribution in [-0.4, -0.2) is 58.4 Å². The number of hydroxylamine groups is 2. The van der Waals surface area contributed by atoms with Gasteiger partial charge in [-0.2, -0.15) is 23.5 Å². The van der Waals surface area contributed by atoms with E-state index >= 15 is 0 Å². The van der Waals surface area contributed by atoms with Gasteiger partial charge in [-0.05, 0) is 62.0 Å². The summed E-state index contributed by atoms with van der Waals surface area (Å²) in [6.45, 7) is 2.08. The van der Waals surface area contributed by atoms with Crippen LogP contribution >= 0.6 is 23.5 Å². The van der Waals surface area contributed by atoms with Crippen molar-refractivity contribution in [2.45, 2.75) is 57.7 Å². The number of amides is 1. The molecule has 0 aliphatic carbocycles. The minimum atomic E-state index is -0.193. The highest BCUT2D eigenvalue weighted by molar-refractivity contribution is 7.99. The largest absolute Gasteiger partial charge is 0.374 e. The Hall–Kier alpha value is -0.170. The lowest BCUT2D eigenvalue weighted by Crippen LogP contribution is -2.31. The SMILES string of the molecule is C/C=C/CCSCC1C2CCC(O2)C1CSCCCCC(=O)N(C)O. The summed E-state index contributed by atoms with van der Waals surface area (Å²) in [5, 5.41) is 9.73. The number of fused-ring (bicyclic) bond motifs is 2. The Morgan fingerprint density at radius 1 is 1.16 bits per heavy atom. The van der Waals surface area contributed by atoms with E-state index in [4.69, 9.17) is 9.94 Å². The van der Waals surface area contributed by atoms with Gasteiger partial charge in [0.25, 0.3) is 0 Å². The minimum Gasteiger partial charge on any atom is -0.374 e. The molecule has 0 aromatic heterocycles. The zero-order valence-corrected chi connectivity index (χ0v) is 17.2. The summed E-state index contributed by atoms with van der Waals surface area (Å²) < 4.78 is 6.19. The third-order valence-electron chi connectivity index (χ3n) is 5.17. The summed E-state index contributed by atoms with van der Waals surface area (Å²) in [5.41, 5.74) is 0. The van der Waals surface area contributed by atoms with Gasteiger partial charge in [-0.25, -0.2) is 5.06 Å². The summed E-state index contributed by atoms with van der Waals surface area (Å²) in [4.78, 5) is 11.3. The van der Waals surface area contributed by atoms with E-state index in [1.165, 1.54) is 43.6 Å². The van der Waals surface area contributed by atoms with Gasteiger partial charge < -0.3 is 4.74 Å². The summed E-state index contributed by atoms with van der Waals surface area (Å²) in [7, 11) is 1.39. The van der Waals surface area contributed by atoms with Gasteiger partial charge in [-0.3, -0.25) is 10.0 Å². The highest BCUT2D eigenvalue weighted by Crippen LogP contribution is 2.46. The topological polar surface area (TPSA) is 49.8 Å². The normalized spacial score (nSPS) is 28.1. The highest BCUT2D eigenvalue weighted by Gasteiger charge is 2.48. The molecule has 0 spiro atoms. The molecule has 2 rings (SSSR count). The first-order valence-corrected chi connectivity index (χ1v) is 11.8. The Bertz CT molecular complexity index is 431. The molecule has 25 heavy (non-hydrogen) atoms. The predicted octanol–water partition coefficient (Wildman–Crippen LogP) is 4.23. The average molecular weight is 388 g/mol. The van der Waals surface area contributed by atoms with Crippen LogP contribution in [0.5, 0.6) is 0 Å². The van der Waals surface area contributed by atoms with Gasteiger partial charge >= 0.3 is 0 Å². The first-order valence-electron chi connectivity index (χ1n) is 9.51. The van der Waals surface area contributed by atoms with E-state index in [9.17, 15) is 4.79 Å². The van der Waals surface area contributed by atoms with Gasteiger partial charge in [0.15, 0.2) is 0 Å². The van der Waals surface area contributed by atoms with Gasteiger partial charge in [-0.15, -0.1) is 0 Å². The number of hydrogen-bond acceptors (Lipinski definition) is 5. The molecule has 6 heteroatoms. The van der Waals surface area contributed by atoms with Crippen LogP contribution in [0.15, 0.2) is 12.2 Å². The first kappa shape index (κ1) is 21.1. The van der Waals surface area contributed by atoms with Crippen LogP contribution in [0.25, 0.3) is 0 Å². The Labute approximate surface area is 161 Å². The third-order valence-corrected chi connectivity index (χ3v) is 7.51. The monoisotopic (exact) mass is 387 g/mol. The van der Waals surface area contributed by atoms with Gasteiger partial charge in [0, 0.05) is 25.3 Å². The van der Waals surface area contributed by atoms with E-state index in [1.54, 1.807) is 0 Å². The number of carbonyl (C=O) groups excluding carboxylic acids is 1. The van der Waals surface area contributed by atoms with Gasteiger partial charge in [-0.1, -0.05) is 12.2 Å². The van der Waals surface area contributed by atoms with Gasteiger partial charge in [0.1, 0.15) is 0 Å². The zero-order chi connectivity index (χ0) is 18.1. The van der Waals surface area contributed by atoms with Crippen LogP contribution in [0.2, 0.25) is 0 Å². The Balaban J connectivity index is 1.61. The molecule has 0 aromatic rings. The quantitative estimate of drug-likeness (QED) is 0.235. The number of carbonyl (C=O) groups is 1. The predicted molar refractivity (Wildman–Crippen MR) is 107 cm³/mol. The zero-order valence-electron chi connectivity index (χ0n) is 15.6. The molecule has 4 nitrogen and oxygen atoms in total. The minimum absolute atomic E-state index is 0.193. The Kier molecular flexibility index (Phi) is 9.74. The van der Waals surface area contributed by atoms with Crippen LogP contribution in [0.4, 0.5) is 0 Å². The molecule has 2 aliphatic heterocycles. The number of allylic oxidation sites excluding steroid dienone is 2. The van der Waals surface area contributed by atoms with Crippen molar-refractivity contribution >= 4 is 29.4 Å². The number of ether oxygens (including phenoxy) is 1. The lowest BCUT2D eigenvalue weighted by molar-refractivity contribution is -0.159. The molecule has 4 unspecified atom stereocenters. The van der Waals surface area contributed by atoms with E-state index in [0.717, 1.165) is 24.5 Å². The van der Waals surface area contributed by atoms with Crippen LogP contribution in [0.1, 0.15) is 45.4 Å². The number of nitrogens with zero attached hydrogens (tertiary/aromatic N) is 1. The first-order chi connectivity index (χ1) is 12.1. The molecule has 2 heterocycles. The maximum Gasteiger partial charge on any atom is 0.245 e. The summed E-state index contributed by atoms with van der Waals surface area (Å²) in [6, 6.07) is 0. The molecule has 0 radical (unpaired) electrons. The molecule has 144 valence electrons. The van der Waals surface area contributed by atoms with Crippen molar-refractivity contribution in [3.63, 3.8) is 0 Å². The van der Waals surface area contributed by atoms with E-state index in [0.29, 0.717) is 29.6 Å². The molecular weight excluding hydrogens is 354 g/mol.